The van der Waals surface area contributed by atoms with Crippen molar-refractivity contribution in [3.8, 4) is 0 Å². The Morgan fingerprint density at radius 2 is 2.22 bits per heavy atom. The number of urea groups is 1. The molecule has 2 aromatic rings. The van der Waals surface area contributed by atoms with Crippen molar-refractivity contribution in [3.05, 3.63) is 52.0 Å². The number of hydrogen-bond donors (Lipinski definition) is 1. The molecular formula is C18H23N3OS. The lowest BCUT2D eigenvalue weighted by Crippen LogP contribution is -2.39. The topological polar surface area (TPSA) is 45.2 Å². The summed E-state index contributed by atoms with van der Waals surface area (Å²) in [6.07, 6.45) is 2.12. The normalized spacial score (nSPS) is 18.9. The van der Waals surface area contributed by atoms with E-state index >= 15 is 0 Å². The Kier molecular flexibility index (Phi) is 4.96. The first-order chi connectivity index (χ1) is 11.1. The predicted octanol–water partition coefficient (Wildman–Crippen LogP) is 3.79. The van der Waals surface area contributed by atoms with Gasteiger partial charge in [0.05, 0.1) is 16.7 Å². The number of aromatic nitrogens is 1. The van der Waals surface area contributed by atoms with Gasteiger partial charge in [0.15, 0.2) is 0 Å². The zero-order chi connectivity index (χ0) is 16.2. The lowest BCUT2D eigenvalue weighted by atomic mass is 9.99. The van der Waals surface area contributed by atoms with Crippen LogP contribution in [-0.2, 0) is 6.42 Å². The van der Waals surface area contributed by atoms with Gasteiger partial charge in [-0.15, -0.1) is 11.3 Å². The maximum Gasteiger partial charge on any atom is 0.317 e. The highest BCUT2D eigenvalue weighted by atomic mass is 32.1. The Morgan fingerprint density at radius 1 is 1.43 bits per heavy atom. The van der Waals surface area contributed by atoms with E-state index < -0.39 is 0 Å². The molecular weight excluding hydrogens is 306 g/mol. The third-order valence-corrected chi connectivity index (χ3v) is 5.15. The van der Waals surface area contributed by atoms with Crippen LogP contribution in [-0.4, -0.2) is 29.0 Å². The van der Waals surface area contributed by atoms with Gasteiger partial charge < -0.3 is 10.2 Å². The van der Waals surface area contributed by atoms with Crippen LogP contribution >= 0.6 is 11.3 Å². The number of nitrogens with zero attached hydrogens (tertiary/aromatic N) is 2. The fourth-order valence-electron chi connectivity index (χ4n) is 3.06. The van der Waals surface area contributed by atoms with Crippen LogP contribution < -0.4 is 5.32 Å². The summed E-state index contributed by atoms with van der Waals surface area (Å²) in [6.45, 7) is 5.65. The maximum absolute atomic E-state index is 12.4. The van der Waals surface area contributed by atoms with Gasteiger partial charge in [0.2, 0.25) is 0 Å². The first-order valence-electron chi connectivity index (χ1n) is 8.13. The van der Waals surface area contributed by atoms with Crippen LogP contribution in [0.15, 0.2) is 35.7 Å². The van der Waals surface area contributed by atoms with Crippen LogP contribution in [0, 0.1) is 12.8 Å². The van der Waals surface area contributed by atoms with Gasteiger partial charge in [0.1, 0.15) is 0 Å². The molecule has 0 radical (unpaired) electrons. The molecule has 5 heteroatoms. The second-order valence-electron chi connectivity index (χ2n) is 6.25. The second-order valence-corrected chi connectivity index (χ2v) is 7.32. The average Bonchev–Trinajstić information content (AvgIpc) is 3.17. The van der Waals surface area contributed by atoms with Gasteiger partial charge in [-0.05, 0) is 38.2 Å². The second kappa shape index (κ2) is 7.13. The highest BCUT2D eigenvalue weighted by Gasteiger charge is 2.27. The van der Waals surface area contributed by atoms with Crippen LogP contribution in [0.25, 0.3) is 0 Å². The first-order valence-corrected chi connectivity index (χ1v) is 9.01. The summed E-state index contributed by atoms with van der Waals surface area (Å²) < 4.78 is 0. The molecule has 1 aliphatic heterocycles. The van der Waals surface area contributed by atoms with Crippen molar-refractivity contribution in [3.63, 3.8) is 0 Å². The predicted molar refractivity (Wildman–Crippen MR) is 93.6 cm³/mol. The zero-order valence-corrected chi connectivity index (χ0v) is 14.5. The van der Waals surface area contributed by atoms with Gasteiger partial charge >= 0.3 is 6.03 Å². The van der Waals surface area contributed by atoms with Crippen LogP contribution in [0.5, 0.6) is 0 Å². The van der Waals surface area contributed by atoms with E-state index in [1.165, 1.54) is 5.56 Å². The molecule has 1 fully saturated rings. The van der Waals surface area contributed by atoms with E-state index in [-0.39, 0.29) is 12.1 Å². The third-order valence-electron chi connectivity index (χ3n) is 4.36. The Hall–Kier alpha value is -1.88. The van der Waals surface area contributed by atoms with Gasteiger partial charge in [-0.2, -0.15) is 0 Å². The Morgan fingerprint density at radius 3 is 2.91 bits per heavy atom. The van der Waals surface area contributed by atoms with Crippen LogP contribution in [0.1, 0.15) is 35.7 Å². The summed E-state index contributed by atoms with van der Waals surface area (Å²) in [5, 5.41) is 6.12. The molecule has 1 aromatic heterocycles. The van der Waals surface area contributed by atoms with Gasteiger partial charge in [-0.25, -0.2) is 9.78 Å². The molecule has 1 aliphatic rings. The molecule has 1 saturated heterocycles. The van der Waals surface area contributed by atoms with E-state index in [0.29, 0.717) is 5.92 Å². The van der Waals surface area contributed by atoms with E-state index in [0.717, 1.165) is 36.6 Å². The van der Waals surface area contributed by atoms with Crippen molar-refractivity contribution in [2.45, 2.75) is 32.7 Å². The molecule has 1 aromatic carbocycles. The summed E-state index contributed by atoms with van der Waals surface area (Å²) in [7, 11) is 0. The number of thiazole rings is 1. The molecule has 2 heterocycles. The number of benzene rings is 1. The Balaban J connectivity index is 1.51. The summed E-state index contributed by atoms with van der Waals surface area (Å²) in [5.74, 6) is 0.556. The van der Waals surface area contributed by atoms with E-state index in [2.05, 4.69) is 34.6 Å². The fraction of sp³-hybridized carbons (Fsp3) is 0.444. The standard InChI is InChI=1S/C18H23N3OS/c1-13(17-12-23-14(2)20-17)19-18(22)21-9-8-16(11-21)10-15-6-4-3-5-7-15/h3-7,12-13,16H,8-11H2,1-2H3,(H,19,22)/t13-,16+/m0/s1. The molecule has 122 valence electrons. The molecule has 0 unspecified atom stereocenters. The van der Waals surface area contributed by atoms with Crippen molar-refractivity contribution in [2.75, 3.05) is 13.1 Å². The number of aryl methyl sites for hydroxylation is 1. The lowest BCUT2D eigenvalue weighted by Gasteiger charge is -2.20. The molecule has 3 rings (SSSR count). The van der Waals surface area contributed by atoms with E-state index in [9.17, 15) is 4.79 Å². The van der Waals surface area contributed by atoms with Gasteiger partial charge in [-0.1, -0.05) is 30.3 Å². The fourth-order valence-corrected chi connectivity index (χ4v) is 3.77. The quantitative estimate of drug-likeness (QED) is 0.927. The van der Waals surface area contributed by atoms with Crippen LogP contribution in [0.4, 0.5) is 4.79 Å². The molecule has 23 heavy (non-hydrogen) atoms. The van der Waals surface area contributed by atoms with Crippen LogP contribution in [0.3, 0.4) is 0 Å². The van der Waals surface area contributed by atoms with E-state index in [4.69, 9.17) is 0 Å². The molecule has 1 N–H and O–H groups in total. The van der Waals surface area contributed by atoms with E-state index in [1.807, 2.05) is 30.2 Å². The SMILES string of the molecule is Cc1nc([C@H](C)NC(=O)N2CC[C@H](Cc3ccccc3)C2)cs1. The van der Waals surface area contributed by atoms with Gasteiger partial charge in [0.25, 0.3) is 0 Å². The minimum atomic E-state index is -0.0411. The van der Waals surface area contributed by atoms with Crippen molar-refractivity contribution < 1.29 is 4.79 Å². The molecule has 2 atom stereocenters. The molecule has 0 aliphatic carbocycles. The maximum atomic E-state index is 12.4. The molecule has 0 spiro atoms. The molecule has 4 nitrogen and oxygen atoms in total. The van der Waals surface area contributed by atoms with Gasteiger partial charge in [-0.3, -0.25) is 0 Å². The third kappa shape index (κ3) is 4.10. The number of hydrogen-bond acceptors (Lipinski definition) is 3. The number of carbonyl (C=O) groups excluding carboxylic acids is 1. The minimum Gasteiger partial charge on any atom is -0.330 e. The highest BCUT2D eigenvalue weighted by molar-refractivity contribution is 7.09. The number of carbonyl (C=O) groups is 1. The zero-order valence-electron chi connectivity index (χ0n) is 13.7. The van der Waals surface area contributed by atoms with E-state index in [1.54, 1.807) is 11.3 Å². The van der Waals surface area contributed by atoms with Crippen molar-refractivity contribution in [1.82, 2.24) is 15.2 Å². The summed E-state index contributed by atoms with van der Waals surface area (Å²) in [6, 6.07) is 10.5. The summed E-state index contributed by atoms with van der Waals surface area (Å²) in [5.41, 5.74) is 2.30. The monoisotopic (exact) mass is 329 g/mol. The minimum absolute atomic E-state index is 0.0266. The summed E-state index contributed by atoms with van der Waals surface area (Å²) in [4.78, 5) is 18.8. The van der Waals surface area contributed by atoms with Crippen molar-refractivity contribution >= 4 is 17.4 Å². The number of rotatable bonds is 4. The molecule has 2 amide bonds. The first kappa shape index (κ1) is 16.0. The molecule has 0 saturated carbocycles. The lowest BCUT2D eigenvalue weighted by molar-refractivity contribution is 0.203. The van der Waals surface area contributed by atoms with Gasteiger partial charge in [0, 0.05) is 18.5 Å². The smallest absolute Gasteiger partial charge is 0.317 e. The van der Waals surface area contributed by atoms with Crippen molar-refractivity contribution in [1.29, 1.82) is 0 Å². The number of nitrogens with one attached hydrogen (secondary N) is 1. The molecule has 0 bridgehead atoms. The number of likely N-dealkylation sites (tertiary alicyclic amines) is 1. The van der Waals surface area contributed by atoms with Crippen LogP contribution in [0.2, 0.25) is 0 Å². The Labute approximate surface area is 141 Å². The van der Waals surface area contributed by atoms with Crippen molar-refractivity contribution in [2.24, 2.45) is 5.92 Å². The summed E-state index contributed by atoms with van der Waals surface area (Å²) >= 11 is 1.62. The largest absolute Gasteiger partial charge is 0.330 e. The Bertz CT molecular complexity index is 655. The highest BCUT2D eigenvalue weighted by Crippen LogP contribution is 2.22. The number of amides is 2. The average molecular weight is 329 g/mol.